The fraction of sp³-hybridized carbons (Fsp3) is 0.227. The molecule has 2 amide bonds. The summed E-state index contributed by atoms with van der Waals surface area (Å²) in [5.41, 5.74) is -0.0644. The van der Waals surface area contributed by atoms with Gasteiger partial charge < -0.3 is 14.8 Å². The molecule has 176 valence electrons. The molecule has 12 heteroatoms. The van der Waals surface area contributed by atoms with E-state index in [1.807, 2.05) is 0 Å². The molecular formula is C22H19F2N5O5. The van der Waals surface area contributed by atoms with Gasteiger partial charge in [0.2, 0.25) is 5.91 Å². The SMILES string of the molecule is COC(=O)c1cn(-c2ccc(-c3c(F)cc(N4C[C@H](CNC(C)=O)OC4=O)cc3F)cn2)cn1. The highest BCUT2D eigenvalue weighted by Gasteiger charge is 2.33. The maximum atomic E-state index is 14.9. The van der Waals surface area contributed by atoms with Crippen molar-refractivity contribution in [3.05, 3.63) is 60.3 Å². The Kier molecular flexibility index (Phi) is 6.21. The van der Waals surface area contributed by atoms with Crippen LogP contribution in [-0.4, -0.2) is 58.8 Å². The average molecular weight is 471 g/mol. The summed E-state index contributed by atoms with van der Waals surface area (Å²) in [4.78, 5) is 43.9. The molecule has 1 aliphatic rings. The molecule has 1 N–H and O–H groups in total. The van der Waals surface area contributed by atoms with Crippen LogP contribution in [0.25, 0.3) is 16.9 Å². The summed E-state index contributed by atoms with van der Waals surface area (Å²) in [6.45, 7) is 1.46. The van der Waals surface area contributed by atoms with Gasteiger partial charge >= 0.3 is 12.1 Å². The van der Waals surface area contributed by atoms with Gasteiger partial charge in [0.1, 0.15) is 29.9 Å². The van der Waals surface area contributed by atoms with Gasteiger partial charge in [0.15, 0.2) is 5.69 Å². The zero-order valence-electron chi connectivity index (χ0n) is 18.1. The largest absolute Gasteiger partial charge is 0.464 e. The van der Waals surface area contributed by atoms with Crippen molar-refractivity contribution in [2.24, 2.45) is 0 Å². The number of cyclic esters (lactones) is 1. The van der Waals surface area contributed by atoms with Gasteiger partial charge in [-0.3, -0.25) is 14.3 Å². The number of carbonyl (C=O) groups is 3. The number of pyridine rings is 1. The third kappa shape index (κ3) is 4.56. The van der Waals surface area contributed by atoms with Crippen LogP contribution in [0.4, 0.5) is 19.3 Å². The zero-order valence-corrected chi connectivity index (χ0v) is 18.1. The standard InChI is InChI=1S/C22H19F2N5O5/c1-12(30)25-8-15-9-29(22(32)34-15)14-5-16(23)20(17(24)6-14)13-3-4-19(26-7-13)28-10-18(27-11-28)21(31)33-2/h3-7,10-11,15H,8-9H2,1-2H3,(H,25,30)/t15-/m0/s1. The van der Waals surface area contributed by atoms with E-state index >= 15 is 0 Å². The minimum absolute atomic E-state index is 0.00703. The Hall–Kier alpha value is -4.35. The number of hydrogen-bond donors (Lipinski definition) is 1. The molecule has 2 aromatic heterocycles. The lowest BCUT2D eigenvalue weighted by Crippen LogP contribution is -2.33. The Labute approximate surface area is 192 Å². The molecule has 4 rings (SSSR count). The van der Waals surface area contributed by atoms with E-state index in [4.69, 9.17) is 4.74 Å². The summed E-state index contributed by atoms with van der Waals surface area (Å²) >= 11 is 0. The Bertz CT molecular complexity index is 1240. The number of methoxy groups -OCH3 is 1. The number of hydrogen-bond acceptors (Lipinski definition) is 7. The van der Waals surface area contributed by atoms with Gasteiger partial charge in [-0.25, -0.2) is 28.3 Å². The number of amides is 2. The summed E-state index contributed by atoms with van der Waals surface area (Å²) in [6.07, 6.45) is 2.65. The summed E-state index contributed by atoms with van der Waals surface area (Å²) in [5.74, 6) is -2.30. The van der Waals surface area contributed by atoms with E-state index in [1.165, 1.54) is 49.5 Å². The van der Waals surface area contributed by atoms with Crippen LogP contribution >= 0.6 is 0 Å². The molecular weight excluding hydrogens is 452 g/mol. The van der Waals surface area contributed by atoms with Crippen molar-refractivity contribution in [3.63, 3.8) is 0 Å². The number of imidazole rings is 1. The predicted octanol–water partition coefficient (Wildman–Crippen LogP) is 2.46. The van der Waals surface area contributed by atoms with Crippen LogP contribution in [0.3, 0.4) is 0 Å². The number of rotatable bonds is 6. The molecule has 0 unspecified atom stereocenters. The first-order chi connectivity index (χ1) is 16.3. The van der Waals surface area contributed by atoms with Crippen LogP contribution in [-0.2, 0) is 14.3 Å². The number of esters is 1. The second-order valence-electron chi connectivity index (χ2n) is 7.40. The van der Waals surface area contributed by atoms with Crippen molar-refractivity contribution in [3.8, 4) is 16.9 Å². The molecule has 10 nitrogen and oxygen atoms in total. The Morgan fingerprint density at radius 1 is 1.24 bits per heavy atom. The maximum Gasteiger partial charge on any atom is 0.414 e. The number of ether oxygens (including phenoxy) is 2. The van der Waals surface area contributed by atoms with Gasteiger partial charge in [-0.05, 0) is 24.3 Å². The molecule has 0 aliphatic carbocycles. The van der Waals surface area contributed by atoms with Gasteiger partial charge in [0.05, 0.1) is 31.5 Å². The molecule has 1 saturated heterocycles. The molecule has 1 atom stereocenters. The first-order valence-electron chi connectivity index (χ1n) is 10.1. The Morgan fingerprint density at radius 3 is 2.59 bits per heavy atom. The summed E-state index contributed by atoms with van der Waals surface area (Å²) in [7, 11) is 1.24. The van der Waals surface area contributed by atoms with E-state index in [1.54, 1.807) is 0 Å². The average Bonchev–Trinajstić information content (AvgIpc) is 3.44. The number of benzene rings is 1. The lowest BCUT2D eigenvalue weighted by atomic mass is 10.1. The molecule has 1 fully saturated rings. The quantitative estimate of drug-likeness (QED) is 0.549. The van der Waals surface area contributed by atoms with Gasteiger partial charge in [0, 0.05) is 24.9 Å². The van der Waals surface area contributed by atoms with E-state index in [9.17, 15) is 23.2 Å². The third-order valence-corrected chi connectivity index (χ3v) is 5.07. The van der Waals surface area contributed by atoms with Crippen LogP contribution in [0.1, 0.15) is 17.4 Å². The van der Waals surface area contributed by atoms with Gasteiger partial charge in [-0.1, -0.05) is 0 Å². The molecule has 1 aliphatic heterocycles. The van der Waals surface area contributed by atoms with Crippen molar-refractivity contribution < 1.29 is 32.6 Å². The normalized spacial score (nSPS) is 15.2. The molecule has 0 radical (unpaired) electrons. The molecule has 0 bridgehead atoms. The first kappa shape index (κ1) is 22.8. The van der Waals surface area contributed by atoms with Crippen LogP contribution < -0.4 is 10.2 Å². The first-order valence-corrected chi connectivity index (χ1v) is 10.1. The number of anilines is 1. The number of nitrogens with one attached hydrogen (secondary N) is 1. The molecule has 3 heterocycles. The highest BCUT2D eigenvalue weighted by molar-refractivity contribution is 5.90. The highest BCUT2D eigenvalue weighted by Crippen LogP contribution is 2.32. The maximum absolute atomic E-state index is 14.9. The smallest absolute Gasteiger partial charge is 0.414 e. The van der Waals surface area contributed by atoms with Crippen LogP contribution in [0.15, 0.2) is 43.0 Å². The molecule has 0 spiro atoms. The second kappa shape index (κ2) is 9.25. The number of aromatic nitrogens is 3. The Morgan fingerprint density at radius 2 is 1.97 bits per heavy atom. The predicted molar refractivity (Wildman–Crippen MR) is 114 cm³/mol. The molecule has 34 heavy (non-hydrogen) atoms. The van der Waals surface area contributed by atoms with E-state index in [2.05, 4.69) is 20.0 Å². The van der Waals surface area contributed by atoms with Crippen LogP contribution in [0.2, 0.25) is 0 Å². The van der Waals surface area contributed by atoms with Crippen molar-refractivity contribution in [1.29, 1.82) is 0 Å². The summed E-state index contributed by atoms with van der Waals surface area (Å²) in [5, 5.41) is 2.53. The van der Waals surface area contributed by atoms with Crippen molar-refractivity contribution in [1.82, 2.24) is 19.9 Å². The van der Waals surface area contributed by atoms with Gasteiger partial charge in [-0.15, -0.1) is 0 Å². The molecule has 1 aromatic carbocycles. The Balaban J connectivity index is 1.54. The fourth-order valence-electron chi connectivity index (χ4n) is 3.43. The summed E-state index contributed by atoms with van der Waals surface area (Å²) in [6, 6.07) is 5.05. The van der Waals surface area contributed by atoms with E-state index in [0.29, 0.717) is 5.82 Å². The molecule has 3 aromatic rings. The molecule has 0 saturated carbocycles. The van der Waals surface area contributed by atoms with Crippen molar-refractivity contribution in [2.75, 3.05) is 25.1 Å². The highest BCUT2D eigenvalue weighted by atomic mass is 19.1. The van der Waals surface area contributed by atoms with E-state index in [0.717, 1.165) is 17.0 Å². The topological polar surface area (TPSA) is 116 Å². The zero-order chi connectivity index (χ0) is 24.4. The number of carbonyl (C=O) groups excluding carboxylic acids is 3. The van der Waals surface area contributed by atoms with E-state index in [-0.39, 0.29) is 41.5 Å². The van der Waals surface area contributed by atoms with Crippen molar-refractivity contribution >= 4 is 23.7 Å². The third-order valence-electron chi connectivity index (χ3n) is 5.07. The summed E-state index contributed by atoms with van der Waals surface area (Å²) < 4.78 is 41.0. The number of halogens is 2. The van der Waals surface area contributed by atoms with Gasteiger partial charge in [0.25, 0.3) is 0 Å². The fourth-order valence-corrected chi connectivity index (χ4v) is 3.43. The monoisotopic (exact) mass is 471 g/mol. The van der Waals surface area contributed by atoms with E-state index < -0.39 is 29.8 Å². The van der Waals surface area contributed by atoms with Gasteiger partial charge in [-0.2, -0.15) is 0 Å². The van der Waals surface area contributed by atoms with Crippen LogP contribution in [0, 0.1) is 11.6 Å². The lowest BCUT2D eigenvalue weighted by molar-refractivity contribution is -0.119. The van der Waals surface area contributed by atoms with Crippen molar-refractivity contribution in [2.45, 2.75) is 13.0 Å². The minimum Gasteiger partial charge on any atom is -0.464 e. The van der Waals surface area contributed by atoms with Crippen LogP contribution in [0.5, 0.6) is 0 Å². The minimum atomic E-state index is -0.890. The number of nitrogens with zero attached hydrogens (tertiary/aromatic N) is 4. The second-order valence-corrected chi connectivity index (χ2v) is 7.40. The lowest BCUT2D eigenvalue weighted by Gasteiger charge is -2.15.